The van der Waals surface area contributed by atoms with Crippen molar-refractivity contribution < 1.29 is 14.2 Å². The second-order valence-corrected chi connectivity index (χ2v) is 8.89. The normalized spacial score (nSPS) is 30.5. The lowest BCUT2D eigenvalue weighted by Crippen LogP contribution is -2.60. The zero-order valence-corrected chi connectivity index (χ0v) is 20.1. The van der Waals surface area contributed by atoms with Crippen molar-refractivity contribution in [2.45, 2.75) is 43.5 Å². The van der Waals surface area contributed by atoms with Crippen LogP contribution >= 0.6 is 0 Å². The largest absolute Gasteiger partial charge is 0.367 e. The predicted molar refractivity (Wildman–Crippen MR) is 133 cm³/mol. The van der Waals surface area contributed by atoms with Crippen LogP contribution in [0.5, 0.6) is 0 Å². The zero-order chi connectivity index (χ0) is 24.1. The van der Waals surface area contributed by atoms with E-state index < -0.39 is 11.9 Å². The van der Waals surface area contributed by atoms with Crippen molar-refractivity contribution in [3.63, 3.8) is 0 Å². The number of hydrogen-bond donors (Lipinski definition) is 2. The number of methoxy groups -OCH3 is 1. The number of allylic oxidation sites excluding steroid dienone is 3. The monoisotopic (exact) mass is 476 g/mol. The highest BCUT2D eigenvalue weighted by atomic mass is 16.6. The fourth-order valence-corrected chi connectivity index (χ4v) is 4.99. The number of aromatic amines is 1. The summed E-state index contributed by atoms with van der Waals surface area (Å²) in [7, 11) is 1.69. The quantitative estimate of drug-likeness (QED) is 0.604. The standard InChI is InChI=1S/C26H32N6O3/c1-26(12-5-3-8-20(26)21-9-15-30-31-21)32-22(23-24(33-2)28-16-18-34-23)10-14-29-25(32)35-17-11-19-7-4-6-13-27-19/h3-10,12-15,20,23-25,28H,11,16-18H2,1-2H3,(H,30,31). The highest BCUT2D eigenvalue weighted by molar-refractivity contribution is 5.73. The molecule has 9 heteroatoms. The first kappa shape index (κ1) is 23.6. The molecule has 2 aromatic heterocycles. The third-order valence-electron chi connectivity index (χ3n) is 6.73. The number of rotatable bonds is 8. The molecule has 1 aliphatic carbocycles. The third-order valence-corrected chi connectivity index (χ3v) is 6.73. The average molecular weight is 477 g/mol. The van der Waals surface area contributed by atoms with Gasteiger partial charge in [-0.25, -0.2) is 4.99 Å². The van der Waals surface area contributed by atoms with Gasteiger partial charge in [0.15, 0.2) is 0 Å². The fraction of sp³-hybridized carbons (Fsp3) is 0.423. The zero-order valence-electron chi connectivity index (χ0n) is 20.1. The van der Waals surface area contributed by atoms with Gasteiger partial charge in [0.1, 0.15) is 12.3 Å². The molecule has 5 rings (SSSR count). The Bertz CT molecular complexity index is 1080. The first-order valence-corrected chi connectivity index (χ1v) is 12.0. The lowest BCUT2D eigenvalue weighted by atomic mass is 9.78. The van der Waals surface area contributed by atoms with Crippen LogP contribution in [0, 0.1) is 0 Å². The van der Waals surface area contributed by atoms with Crippen molar-refractivity contribution in [3.8, 4) is 0 Å². The van der Waals surface area contributed by atoms with Gasteiger partial charge in [-0.1, -0.05) is 30.4 Å². The van der Waals surface area contributed by atoms with Gasteiger partial charge in [0.25, 0.3) is 0 Å². The van der Waals surface area contributed by atoms with Crippen molar-refractivity contribution in [3.05, 3.63) is 84.1 Å². The number of aromatic nitrogens is 3. The second kappa shape index (κ2) is 10.7. The van der Waals surface area contributed by atoms with E-state index in [0.29, 0.717) is 19.6 Å². The summed E-state index contributed by atoms with van der Waals surface area (Å²) >= 11 is 0. The van der Waals surface area contributed by atoms with E-state index in [4.69, 9.17) is 19.2 Å². The Morgan fingerprint density at radius 2 is 2.17 bits per heavy atom. The van der Waals surface area contributed by atoms with E-state index >= 15 is 0 Å². The van der Waals surface area contributed by atoms with E-state index in [9.17, 15) is 0 Å². The molecule has 5 atom stereocenters. The van der Waals surface area contributed by atoms with Gasteiger partial charge in [0.05, 0.1) is 24.4 Å². The van der Waals surface area contributed by atoms with Crippen molar-refractivity contribution in [2.75, 3.05) is 26.9 Å². The first-order valence-electron chi connectivity index (χ1n) is 12.0. The number of nitrogens with zero attached hydrogens (tertiary/aromatic N) is 4. The van der Waals surface area contributed by atoms with Crippen LogP contribution in [0.1, 0.15) is 24.2 Å². The van der Waals surface area contributed by atoms with Gasteiger partial charge in [-0.3, -0.25) is 15.4 Å². The second-order valence-electron chi connectivity index (χ2n) is 8.89. The van der Waals surface area contributed by atoms with E-state index in [0.717, 1.165) is 23.6 Å². The topological polar surface area (TPSA) is 96.9 Å². The lowest BCUT2D eigenvalue weighted by Gasteiger charge is -2.52. The van der Waals surface area contributed by atoms with E-state index in [1.165, 1.54) is 0 Å². The van der Waals surface area contributed by atoms with Gasteiger partial charge in [-0.05, 0) is 31.2 Å². The molecule has 2 aliphatic heterocycles. The first-order chi connectivity index (χ1) is 17.2. The Labute approximate surface area is 205 Å². The summed E-state index contributed by atoms with van der Waals surface area (Å²) in [5, 5.41) is 10.8. The van der Waals surface area contributed by atoms with Gasteiger partial charge in [-0.2, -0.15) is 5.10 Å². The molecule has 9 nitrogen and oxygen atoms in total. The molecule has 0 spiro atoms. The Morgan fingerprint density at radius 1 is 1.23 bits per heavy atom. The third kappa shape index (κ3) is 4.85. The average Bonchev–Trinajstić information content (AvgIpc) is 3.44. The Kier molecular flexibility index (Phi) is 7.19. The van der Waals surface area contributed by atoms with Crippen LogP contribution in [0.3, 0.4) is 0 Å². The molecule has 0 aromatic carbocycles. The molecule has 1 saturated heterocycles. The van der Waals surface area contributed by atoms with Crippen molar-refractivity contribution in [2.24, 2.45) is 4.99 Å². The van der Waals surface area contributed by atoms with Crippen LogP contribution in [0.2, 0.25) is 0 Å². The van der Waals surface area contributed by atoms with Crippen LogP contribution in [0.15, 0.2) is 77.7 Å². The summed E-state index contributed by atoms with van der Waals surface area (Å²) in [6, 6.07) is 7.92. The van der Waals surface area contributed by atoms with Gasteiger partial charge in [0.2, 0.25) is 6.35 Å². The van der Waals surface area contributed by atoms with Crippen LogP contribution in [0.4, 0.5) is 0 Å². The summed E-state index contributed by atoms with van der Waals surface area (Å²) in [6.45, 7) is 4.00. The number of pyridine rings is 1. The Hall–Kier alpha value is -3.11. The van der Waals surface area contributed by atoms with Crippen LogP contribution in [0.25, 0.3) is 0 Å². The molecule has 3 aliphatic rings. The Balaban J connectivity index is 1.48. The number of hydrogen-bond acceptors (Lipinski definition) is 8. The maximum Gasteiger partial charge on any atom is 0.228 e. The van der Waals surface area contributed by atoms with E-state index in [-0.39, 0.29) is 18.2 Å². The molecule has 5 unspecified atom stereocenters. The molecule has 184 valence electrons. The molecule has 2 N–H and O–H groups in total. The van der Waals surface area contributed by atoms with Gasteiger partial charge in [0, 0.05) is 56.0 Å². The summed E-state index contributed by atoms with van der Waals surface area (Å²) in [6.07, 6.45) is 15.4. The summed E-state index contributed by atoms with van der Waals surface area (Å²) in [5.74, 6) is -0.00821. The van der Waals surface area contributed by atoms with Crippen LogP contribution in [-0.4, -0.2) is 77.4 Å². The highest BCUT2D eigenvalue weighted by Crippen LogP contribution is 2.43. The summed E-state index contributed by atoms with van der Waals surface area (Å²) < 4.78 is 18.4. The summed E-state index contributed by atoms with van der Waals surface area (Å²) in [4.78, 5) is 11.4. The van der Waals surface area contributed by atoms with Gasteiger partial charge < -0.3 is 19.1 Å². The minimum Gasteiger partial charge on any atom is -0.367 e. The molecule has 2 aromatic rings. The van der Waals surface area contributed by atoms with Crippen molar-refractivity contribution >= 4 is 6.21 Å². The van der Waals surface area contributed by atoms with Gasteiger partial charge >= 0.3 is 0 Å². The number of H-pyrrole nitrogens is 1. The smallest absolute Gasteiger partial charge is 0.228 e. The maximum atomic E-state index is 6.42. The molecule has 4 heterocycles. The Morgan fingerprint density at radius 3 is 2.97 bits per heavy atom. The molecular weight excluding hydrogens is 444 g/mol. The molecule has 0 bridgehead atoms. The molecular formula is C26H32N6O3. The number of morpholine rings is 1. The van der Waals surface area contributed by atoms with E-state index in [2.05, 4.69) is 56.6 Å². The highest BCUT2D eigenvalue weighted by Gasteiger charge is 2.47. The van der Waals surface area contributed by atoms with E-state index in [1.54, 1.807) is 25.7 Å². The van der Waals surface area contributed by atoms with Crippen molar-refractivity contribution in [1.29, 1.82) is 0 Å². The molecule has 0 amide bonds. The van der Waals surface area contributed by atoms with E-state index in [1.807, 2.05) is 30.3 Å². The molecule has 35 heavy (non-hydrogen) atoms. The minimum absolute atomic E-state index is 0.00821. The van der Waals surface area contributed by atoms with Crippen molar-refractivity contribution in [1.82, 2.24) is 25.4 Å². The van der Waals surface area contributed by atoms with Gasteiger partial charge in [-0.15, -0.1) is 0 Å². The molecule has 0 radical (unpaired) electrons. The van der Waals surface area contributed by atoms with Crippen LogP contribution in [-0.2, 0) is 20.6 Å². The van der Waals surface area contributed by atoms with Crippen LogP contribution < -0.4 is 5.32 Å². The SMILES string of the molecule is COC1NCCOC1C1=CC=NC(OCCc2ccccn2)N1C1(C)C=CC=CC1c1ccn[nH]1. The predicted octanol–water partition coefficient (Wildman–Crippen LogP) is 2.55. The number of nitrogens with one attached hydrogen (secondary N) is 2. The number of ether oxygens (including phenoxy) is 3. The molecule has 1 fully saturated rings. The molecule has 0 saturated carbocycles. The maximum absolute atomic E-state index is 6.42. The minimum atomic E-state index is -0.548. The fourth-order valence-electron chi connectivity index (χ4n) is 4.99. The summed E-state index contributed by atoms with van der Waals surface area (Å²) in [5.41, 5.74) is 2.43. The lowest BCUT2D eigenvalue weighted by molar-refractivity contribution is -0.126. The number of aliphatic imine (C=N–C) groups is 1.